The summed E-state index contributed by atoms with van der Waals surface area (Å²) in [6.07, 6.45) is 0.885. The van der Waals surface area contributed by atoms with Crippen LogP contribution in [0.3, 0.4) is 0 Å². The number of allylic oxidation sites excluding steroid dienone is 2. The molecule has 8 heteroatoms. The lowest BCUT2D eigenvalue weighted by Gasteiger charge is -2.09. The normalized spacial score (nSPS) is 11.7. The Bertz CT molecular complexity index is 1040. The minimum absolute atomic E-state index is 0.115. The van der Waals surface area contributed by atoms with Crippen molar-refractivity contribution in [3.63, 3.8) is 0 Å². The van der Waals surface area contributed by atoms with Crippen molar-refractivity contribution in [2.45, 2.75) is 13.1 Å². The molecule has 0 N–H and O–H groups in total. The van der Waals surface area contributed by atoms with Crippen molar-refractivity contribution < 1.29 is 22.8 Å². The molecule has 28 heavy (non-hydrogen) atoms. The summed E-state index contributed by atoms with van der Waals surface area (Å²) in [5.74, 6) is -0.800. The number of nitrogens with zero attached hydrogens (tertiary/aromatic N) is 3. The fourth-order valence-corrected chi connectivity index (χ4v) is 2.49. The van der Waals surface area contributed by atoms with E-state index in [-0.39, 0.29) is 17.2 Å². The molecule has 3 rings (SSSR count). The molecule has 0 saturated heterocycles. The summed E-state index contributed by atoms with van der Waals surface area (Å²) in [7, 11) is 0. The first-order chi connectivity index (χ1) is 13.3. The van der Waals surface area contributed by atoms with E-state index in [1.165, 1.54) is 29.8 Å². The van der Waals surface area contributed by atoms with Crippen LogP contribution >= 0.6 is 0 Å². The number of alkyl halides is 3. The molecule has 0 amide bonds. The monoisotopic (exact) mass is 385 g/mol. The molecule has 1 aromatic carbocycles. The maximum absolute atomic E-state index is 12.8. The molecule has 0 aliphatic rings. The zero-order valence-electron chi connectivity index (χ0n) is 14.6. The molecule has 5 nitrogen and oxygen atoms in total. The first kappa shape index (κ1) is 19.2. The van der Waals surface area contributed by atoms with Gasteiger partial charge in [-0.1, -0.05) is 0 Å². The van der Waals surface area contributed by atoms with Crippen molar-refractivity contribution in [2.75, 3.05) is 0 Å². The van der Waals surface area contributed by atoms with Gasteiger partial charge in [0.15, 0.2) is 5.78 Å². The van der Waals surface area contributed by atoms with Crippen LogP contribution in [0.25, 0.3) is 16.9 Å². The number of halogens is 3. The summed E-state index contributed by atoms with van der Waals surface area (Å²) in [6, 6.07) is 9.21. The Morgan fingerprint density at radius 3 is 2.21 bits per heavy atom. The minimum atomic E-state index is -4.46. The molecule has 0 aliphatic carbocycles. The second-order valence-corrected chi connectivity index (χ2v) is 5.92. The standard InChI is InChI=1S/C20H14F3N3O2/c1-13(27)2-7-19(28)18-12-17(14-8-10-24-11-9-14)25-26(18)16-5-3-15(4-6-16)20(21,22)23/h2-12H,1H3/b7-2-. The largest absolute Gasteiger partial charge is 0.416 e. The van der Waals surface area contributed by atoms with Crippen molar-refractivity contribution in [1.29, 1.82) is 0 Å². The Hall–Kier alpha value is -3.55. The fourth-order valence-electron chi connectivity index (χ4n) is 2.49. The first-order valence-electron chi connectivity index (χ1n) is 8.17. The molecule has 2 aromatic heterocycles. The van der Waals surface area contributed by atoms with Gasteiger partial charge in [-0.25, -0.2) is 4.68 Å². The minimum Gasteiger partial charge on any atom is -0.295 e. The van der Waals surface area contributed by atoms with Crippen LogP contribution in [0.1, 0.15) is 23.0 Å². The highest BCUT2D eigenvalue weighted by Crippen LogP contribution is 2.30. The number of aromatic nitrogens is 3. The quantitative estimate of drug-likeness (QED) is 0.486. The van der Waals surface area contributed by atoms with Crippen molar-refractivity contribution >= 4 is 11.6 Å². The summed E-state index contributed by atoms with van der Waals surface area (Å²) in [4.78, 5) is 27.6. The van der Waals surface area contributed by atoms with Crippen LogP contribution < -0.4 is 0 Å². The van der Waals surface area contributed by atoms with E-state index in [2.05, 4.69) is 10.1 Å². The second kappa shape index (κ2) is 7.59. The zero-order chi connectivity index (χ0) is 20.3. The highest BCUT2D eigenvalue weighted by Gasteiger charge is 2.30. The van der Waals surface area contributed by atoms with Gasteiger partial charge in [0.05, 0.1) is 16.9 Å². The second-order valence-electron chi connectivity index (χ2n) is 5.92. The predicted octanol–water partition coefficient (Wildman–Crippen LogP) is 4.28. The first-order valence-corrected chi connectivity index (χ1v) is 8.17. The van der Waals surface area contributed by atoms with Crippen molar-refractivity contribution in [1.82, 2.24) is 14.8 Å². The van der Waals surface area contributed by atoms with Crippen LogP contribution in [0.15, 0.2) is 67.0 Å². The fraction of sp³-hybridized carbons (Fsp3) is 0.100. The van der Waals surface area contributed by atoms with E-state index < -0.39 is 17.5 Å². The molecule has 0 aliphatic heterocycles. The lowest BCUT2D eigenvalue weighted by Crippen LogP contribution is -2.09. The summed E-state index contributed by atoms with van der Waals surface area (Å²) >= 11 is 0. The molecule has 3 aromatic rings. The van der Waals surface area contributed by atoms with Gasteiger partial charge in [0.25, 0.3) is 0 Å². The molecular formula is C20H14F3N3O2. The average Bonchev–Trinajstić information content (AvgIpc) is 3.12. The smallest absolute Gasteiger partial charge is 0.295 e. The van der Waals surface area contributed by atoms with Gasteiger partial charge >= 0.3 is 6.18 Å². The molecule has 0 bridgehead atoms. The maximum atomic E-state index is 12.8. The Labute approximate surface area is 158 Å². The topological polar surface area (TPSA) is 64.8 Å². The lowest BCUT2D eigenvalue weighted by atomic mass is 10.1. The van der Waals surface area contributed by atoms with Gasteiger partial charge in [0.2, 0.25) is 5.78 Å². The third-order valence-electron chi connectivity index (χ3n) is 3.85. The van der Waals surface area contributed by atoms with Crippen LogP contribution in [0.5, 0.6) is 0 Å². The summed E-state index contributed by atoms with van der Waals surface area (Å²) in [5.41, 5.74) is 0.728. The Kier molecular flexibility index (Phi) is 5.21. The SMILES string of the molecule is CC(=O)/C=C\C(=O)c1cc(-c2ccncc2)nn1-c1ccc(C(F)(F)F)cc1. The van der Waals surface area contributed by atoms with E-state index in [0.29, 0.717) is 11.3 Å². The summed E-state index contributed by atoms with van der Waals surface area (Å²) in [6.45, 7) is 1.30. The van der Waals surface area contributed by atoms with Gasteiger partial charge in [0.1, 0.15) is 5.69 Å². The highest BCUT2D eigenvalue weighted by atomic mass is 19.4. The number of hydrogen-bond donors (Lipinski definition) is 0. The van der Waals surface area contributed by atoms with Gasteiger partial charge in [-0.05, 0) is 61.5 Å². The van der Waals surface area contributed by atoms with Crippen molar-refractivity contribution in [2.24, 2.45) is 0 Å². The number of carbonyl (C=O) groups excluding carboxylic acids is 2. The van der Waals surface area contributed by atoms with Crippen LogP contribution in [-0.2, 0) is 11.0 Å². The molecule has 0 saturated carbocycles. The average molecular weight is 385 g/mol. The Morgan fingerprint density at radius 2 is 1.64 bits per heavy atom. The van der Waals surface area contributed by atoms with E-state index >= 15 is 0 Å². The molecule has 0 fully saturated rings. The van der Waals surface area contributed by atoms with Crippen molar-refractivity contribution in [3.8, 4) is 16.9 Å². The summed E-state index contributed by atoms with van der Waals surface area (Å²) in [5, 5.41) is 4.36. The molecule has 0 atom stereocenters. The Balaban J connectivity index is 2.09. The van der Waals surface area contributed by atoms with E-state index in [1.807, 2.05) is 0 Å². The maximum Gasteiger partial charge on any atom is 0.416 e. The predicted molar refractivity (Wildman–Crippen MR) is 95.9 cm³/mol. The molecule has 0 unspecified atom stereocenters. The number of hydrogen-bond acceptors (Lipinski definition) is 4. The number of carbonyl (C=O) groups is 2. The lowest BCUT2D eigenvalue weighted by molar-refractivity contribution is -0.137. The van der Waals surface area contributed by atoms with Gasteiger partial charge in [0, 0.05) is 18.0 Å². The number of ketones is 2. The number of pyridine rings is 1. The molecule has 2 heterocycles. The molecule has 0 radical (unpaired) electrons. The van der Waals surface area contributed by atoms with Crippen LogP contribution in [-0.4, -0.2) is 26.3 Å². The Morgan fingerprint density at radius 1 is 1.00 bits per heavy atom. The third kappa shape index (κ3) is 4.22. The zero-order valence-corrected chi connectivity index (χ0v) is 14.6. The highest BCUT2D eigenvalue weighted by molar-refractivity contribution is 6.07. The van der Waals surface area contributed by atoms with Crippen LogP contribution in [0.4, 0.5) is 13.2 Å². The number of rotatable bonds is 5. The van der Waals surface area contributed by atoms with E-state index in [9.17, 15) is 22.8 Å². The van der Waals surface area contributed by atoms with Gasteiger partial charge in [-0.3, -0.25) is 14.6 Å². The van der Waals surface area contributed by atoms with E-state index in [4.69, 9.17) is 0 Å². The van der Waals surface area contributed by atoms with Gasteiger partial charge in [-0.15, -0.1) is 0 Å². The van der Waals surface area contributed by atoms with Crippen LogP contribution in [0, 0.1) is 0 Å². The summed E-state index contributed by atoms with van der Waals surface area (Å²) < 4.78 is 39.7. The van der Waals surface area contributed by atoms with Gasteiger partial charge in [-0.2, -0.15) is 18.3 Å². The third-order valence-corrected chi connectivity index (χ3v) is 3.85. The van der Waals surface area contributed by atoms with Crippen molar-refractivity contribution in [3.05, 3.63) is 78.3 Å². The van der Waals surface area contributed by atoms with Gasteiger partial charge < -0.3 is 0 Å². The van der Waals surface area contributed by atoms with E-state index in [1.54, 1.807) is 24.5 Å². The number of benzene rings is 1. The molecular weight excluding hydrogens is 371 g/mol. The van der Waals surface area contributed by atoms with Crippen LogP contribution in [0.2, 0.25) is 0 Å². The van der Waals surface area contributed by atoms with E-state index in [0.717, 1.165) is 24.3 Å². The molecule has 142 valence electrons. The molecule has 0 spiro atoms.